The fourth-order valence-corrected chi connectivity index (χ4v) is 3.92. The highest BCUT2D eigenvalue weighted by atomic mass is 32.1. The molecule has 0 N–H and O–H groups in total. The fourth-order valence-electron chi connectivity index (χ4n) is 3.50. The highest BCUT2D eigenvalue weighted by molar-refractivity contribution is 7.80. The molecule has 0 atom stereocenters. The first-order valence-corrected chi connectivity index (χ1v) is 8.18. The van der Waals surface area contributed by atoms with Gasteiger partial charge >= 0.3 is 6.18 Å². The fraction of sp³-hybridized carbons (Fsp3) is 1.00. The van der Waals surface area contributed by atoms with Crippen LogP contribution in [0.25, 0.3) is 0 Å². The van der Waals surface area contributed by atoms with Gasteiger partial charge in [-0.15, -0.1) is 0 Å². The van der Waals surface area contributed by atoms with Crippen molar-refractivity contribution in [1.29, 1.82) is 0 Å². The molecule has 0 aromatic carbocycles. The van der Waals surface area contributed by atoms with Crippen molar-refractivity contribution in [3.63, 3.8) is 0 Å². The number of hydrogen-bond acceptors (Lipinski definition) is 3. The molecule has 1 aliphatic heterocycles. The largest absolute Gasteiger partial charge is 0.401 e. The Bertz CT molecular complexity index is 295. The molecule has 0 radical (unpaired) electrons. The molecule has 0 aromatic heterocycles. The van der Waals surface area contributed by atoms with Gasteiger partial charge in [-0.05, 0) is 24.0 Å². The van der Waals surface area contributed by atoms with Gasteiger partial charge in [-0.3, -0.25) is 4.90 Å². The molecule has 2 rings (SSSR count). The lowest BCUT2D eigenvalue weighted by Gasteiger charge is -2.43. The topological polar surface area (TPSA) is 6.48 Å². The van der Waals surface area contributed by atoms with Crippen LogP contribution in [-0.4, -0.2) is 61.0 Å². The lowest BCUT2D eigenvalue weighted by atomic mass is 9.75. The maximum atomic E-state index is 12.4. The zero-order valence-corrected chi connectivity index (χ0v) is 12.9. The molecule has 0 spiro atoms. The molecule has 0 amide bonds. The predicted molar refractivity (Wildman–Crippen MR) is 78.3 cm³/mol. The summed E-state index contributed by atoms with van der Waals surface area (Å²) < 4.78 is 37.1. The lowest BCUT2D eigenvalue weighted by Crippen LogP contribution is -2.52. The van der Waals surface area contributed by atoms with Gasteiger partial charge in [0.15, 0.2) is 0 Å². The van der Waals surface area contributed by atoms with Gasteiger partial charge < -0.3 is 4.90 Å². The van der Waals surface area contributed by atoms with E-state index >= 15 is 0 Å². The number of nitrogens with zero attached hydrogens (tertiary/aromatic N) is 2. The van der Waals surface area contributed by atoms with Crippen LogP contribution in [-0.2, 0) is 0 Å². The highest BCUT2D eigenvalue weighted by Crippen LogP contribution is 2.38. The molecule has 20 heavy (non-hydrogen) atoms. The summed E-state index contributed by atoms with van der Waals surface area (Å²) in [6, 6.07) is 0. The second-order valence-electron chi connectivity index (χ2n) is 6.39. The van der Waals surface area contributed by atoms with Crippen LogP contribution in [0.3, 0.4) is 0 Å². The Kier molecular flexibility index (Phi) is 5.65. The first kappa shape index (κ1) is 16.4. The van der Waals surface area contributed by atoms with E-state index in [2.05, 4.69) is 17.5 Å². The summed E-state index contributed by atoms with van der Waals surface area (Å²) in [6.45, 7) is 2.82. The molecule has 0 unspecified atom stereocenters. The molecule has 1 saturated heterocycles. The molecular formula is C14H25F3N2S. The maximum Gasteiger partial charge on any atom is 0.401 e. The molecule has 2 fully saturated rings. The van der Waals surface area contributed by atoms with E-state index in [1.165, 1.54) is 37.0 Å². The molecule has 0 bridgehead atoms. The number of thiol groups is 1. The minimum absolute atomic E-state index is 0.299. The summed E-state index contributed by atoms with van der Waals surface area (Å²) in [5, 5.41) is 0. The van der Waals surface area contributed by atoms with E-state index in [4.69, 9.17) is 0 Å². The second-order valence-corrected chi connectivity index (χ2v) is 6.70. The Morgan fingerprint density at radius 1 is 0.900 bits per heavy atom. The van der Waals surface area contributed by atoms with Gasteiger partial charge in [-0.1, -0.05) is 19.3 Å². The van der Waals surface area contributed by atoms with Crippen LogP contribution in [0.2, 0.25) is 0 Å². The van der Waals surface area contributed by atoms with Crippen LogP contribution in [0.1, 0.15) is 32.1 Å². The molecule has 0 aromatic rings. The number of rotatable bonds is 4. The third kappa shape index (κ3) is 4.81. The third-order valence-electron chi connectivity index (χ3n) is 4.68. The summed E-state index contributed by atoms with van der Waals surface area (Å²) >= 11 is 4.54. The van der Waals surface area contributed by atoms with Crippen molar-refractivity contribution in [2.75, 3.05) is 45.0 Å². The standard InChI is InChI=1S/C14H25F3N2S/c15-14(16,17)11-19-8-6-18(7-9-19)10-13(12-20)4-2-1-3-5-13/h20H,1-12H2. The Hall–Kier alpha value is 0.0600. The second kappa shape index (κ2) is 6.88. The molecule has 2 aliphatic rings. The van der Waals surface area contributed by atoms with Gasteiger partial charge in [0, 0.05) is 32.7 Å². The minimum Gasteiger partial charge on any atom is -0.300 e. The van der Waals surface area contributed by atoms with E-state index in [-0.39, 0.29) is 0 Å². The van der Waals surface area contributed by atoms with Crippen LogP contribution >= 0.6 is 12.6 Å². The van der Waals surface area contributed by atoms with Crippen molar-refractivity contribution in [2.45, 2.75) is 38.3 Å². The van der Waals surface area contributed by atoms with Crippen molar-refractivity contribution < 1.29 is 13.2 Å². The Balaban J connectivity index is 1.78. The van der Waals surface area contributed by atoms with Gasteiger partial charge in [-0.2, -0.15) is 25.8 Å². The Labute approximate surface area is 125 Å². The molecule has 6 heteroatoms. The van der Waals surface area contributed by atoms with Crippen molar-refractivity contribution in [3.05, 3.63) is 0 Å². The monoisotopic (exact) mass is 310 g/mol. The quantitative estimate of drug-likeness (QED) is 0.797. The summed E-state index contributed by atoms with van der Waals surface area (Å²) in [7, 11) is 0. The number of hydrogen-bond donors (Lipinski definition) is 1. The van der Waals surface area contributed by atoms with Crippen LogP contribution in [0.4, 0.5) is 13.2 Å². The first-order chi connectivity index (χ1) is 9.42. The van der Waals surface area contributed by atoms with E-state index in [0.29, 0.717) is 18.5 Å². The zero-order valence-electron chi connectivity index (χ0n) is 12.0. The van der Waals surface area contributed by atoms with Gasteiger partial charge in [0.1, 0.15) is 0 Å². The average Bonchev–Trinajstić information content (AvgIpc) is 2.40. The van der Waals surface area contributed by atoms with Crippen LogP contribution < -0.4 is 0 Å². The zero-order chi connectivity index (χ0) is 14.6. The van der Waals surface area contributed by atoms with Crippen molar-refractivity contribution in [3.8, 4) is 0 Å². The minimum atomic E-state index is -4.07. The van der Waals surface area contributed by atoms with Gasteiger partial charge in [0.05, 0.1) is 6.54 Å². The molecule has 1 heterocycles. The van der Waals surface area contributed by atoms with Gasteiger partial charge in [0.2, 0.25) is 0 Å². The molecule has 118 valence electrons. The van der Waals surface area contributed by atoms with Crippen molar-refractivity contribution >= 4 is 12.6 Å². The van der Waals surface area contributed by atoms with Crippen LogP contribution in [0.15, 0.2) is 0 Å². The highest BCUT2D eigenvalue weighted by Gasteiger charge is 2.35. The van der Waals surface area contributed by atoms with E-state index in [1.807, 2.05) is 0 Å². The molecular weight excluding hydrogens is 285 g/mol. The Morgan fingerprint density at radius 3 is 1.95 bits per heavy atom. The summed E-state index contributed by atoms with van der Waals surface area (Å²) in [5.41, 5.74) is 0.299. The SMILES string of the molecule is FC(F)(F)CN1CCN(CC2(CS)CCCCC2)CC1. The average molecular weight is 310 g/mol. The summed E-state index contributed by atoms with van der Waals surface area (Å²) in [6.07, 6.45) is 2.23. The summed E-state index contributed by atoms with van der Waals surface area (Å²) in [5.74, 6) is 0.899. The van der Waals surface area contributed by atoms with E-state index in [9.17, 15) is 13.2 Å². The van der Waals surface area contributed by atoms with E-state index in [1.54, 1.807) is 0 Å². The Morgan fingerprint density at radius 2 is 1.45 bits per heavy atom. The molecule has 2 nitrogen and oxygen atoms in total. The van der Waals surface area contributed by atoms with Crippen LogP contribution in [0.5, 0.6) is 0 Å². The predicted octanol–water partition coefficient (Wildman–Crippen LogP) is 3.05. The molecule has 1 aliphatic carbocycles. The van der Waals surface area contributed by atoms with Crippen molar-refractivity contribution in [2.24, 2.45) is 5.41 Å². The van der Waals surface area contributed by atoms with Gasteiger partial charge in [-0.25, -0.2) is 0 Å². The normalized spacial score (nSPS) is 25.8. The lowest BCUT2D eigenvalue weighted by molar-refractivity contribution is -0.149. The van der Waals surface area contributed by atoms with Gasteiger partial charge in [0.25, 0.3) is 0 Å². The van der Waals surface area contributed by atoms with Crippen molar-refractivity contribution in [1.82, 2.24) is 9.80 Å². The maximum absolute atomic E-state index is 12.4. The molecule has 1 saturated carbocycles. The number of halogens is 3. The first-order valence-electron chi connectivity index (χ1n) is 7.55. The van der Waals surface area contributed by atoms with Crippen LogP contribution in [0, 0.1) is 5.41 Å². The smallest absolute Gasteiger partial charge is 0.300 e. The number of alkyl halides is 3. The van der Waals surface area contributed by atoms with E-state index < -0.39 is 12.7 Å². The number of piperazine rings is 1. The third-order valence-corrected chi connectivity index (χ3v) is 5.35. The van der Waals surface area contributed by atoms with E-state index in [0.717, 1.165) is 25.4 Å². The summed E-state index contributed by atoms with van der Waals surface area (Å²) in [4.78, 5) is 3.86.